The van der Waals surface area contributed by atoms with Gasteiger partial charge in [-0.15, -0.1) is 0 Å². The Morgan fingerprint density at radius 1 is 1.17 bits per heavy atom. The Balaban J connectivity index is 1.25. The van der Waals surface area contributed by atoms with E-state index in [0.29, 0.717) is 19.0 Å². The van der Waals surface area contributed by atoms with E-state index in [4.69, 9.17) is 9.52 Å². The molecule has 1 saturated carbocycles. The predicted molar refractivity (Wildman–Crippen MR) is 111 cm³/mol. The van der Waals surface area contributed by atoms with Crippen LogP contribution in [0.4, 0.5) is 10.5 Å². The summed E-state index contributed by atoms with van der Waals surface area (Å²) in [6.07, 6.45) is 9.74. The van der Waals surface area contributed by atoms with E-state index in [1.54, 1.807) is 4.68 Å². The van der Waals surface area contributed by atoms with Crippen molar-refractivity contribution in [3.8, 4) is 5.88 Å². The summed E-state index contributed by atoms with van der Waals surface area (Å²) >= 11 is 0. The Bertz CT molecular complexity index is 1150. The van der Waals surface area contributed by atoms with Gasteiger partial charge < -0.3 is 10.1 Å². The van der Waals surface area contributed by atoms with E-state index in [-0.39, 0.29) is 10.3 Å². The number of hydrogen-bond acceptors (Lipinski definition) is 5. The molecule has 158 valence electrons. The molecule has 1 aromatic carbocycles. The van der Waals surface area contributed by atoms with Crippen molar-refractivity contribution in [2.75, 3.05) is 11.9 Å². The van der Waals surface area contributed by atoms with Crippen LogP contribution in [0.15, 0.2) is 17.2 Å². The maximum atomic E-state index is 13.1. The summed E-state index contributed by atoms with van der Waals surface area (Å²) < 4.78 is 31.4. The second-order valence-electron chi connectivity index (χ2n) is 9.11. The molecule has 2 aromatic rings. The van der Waals surface area contributed by atoms with Crippen molar-refractivity contribution in [2.24, 2.45) is 5.41 Å². The molecule has 30 heavy (non-hydrogen) atoms. The zero-order chi connectivity index (χ0) is 20.5. The molecule has 1 atom stereocenters. The van der Waals surface area contributed by atoms with Crippen molar-refractivity contribution >= 4 is 21.6 Å². The van der Waals surface area contributed by atoms with Crippen molar-refractivity contribution in [2.45, 2.75) is 62.8 Å². The third-order valence-electron chi connectivity index (χ3n) is 6.97. The van der Waals surface area contributed by atoms with Crippen LogP contribution in [0.2, 0.25) is 0 Å². The first-order valence-electron chi connectivity index (χ1n) is 10.7. The molecule has 8 nitrogen and oxygen atoms in total. The molecule has 0 saturated heterocycles. The van der Waals surface area contributed by atoms with Gasteiger partial charge in [0, 0.05) is 11.1 Å². The van der Waals surface area contributed by atoms with Gasteiger partial charge in [0.05, 0.1) is 19.3 Å². The summed E-state index contributed by atoms with van der Waals surface area (Å²) in [4.78, 5) is 13.0. The summed E-state index contributed by atoms with van der Waals surface area (Å²) in [6, 6.07) is 1.68. The minimum Gasteiger partial charge on any atom is -0.476 e. The SMILES string of the molecule is N=S(=O)(NC(=O)Nc1c2c(cc3c1CCC3)CCC2)c1cnn2c1OCC1(CC1)C2. The van der Waals surface area contributed by atoms with Crippen LogP contribution in [0.1, 0.15) is 47.9 Å². The molecule has 1 aliphatic heterocycles. The molecule has 0 bridgehead atoms. The Morgan fingerprint density at radius 3 is 2.53 bits per heavy atom. The van der Waals surface area contributed by atoms with Gasteiger partial charge >= 0.3 is 6.03 Å². The number of aromatic nitrogens is 2. The molecule has 4 aliphatic rings. The number of carbonyl (C=O) groups excluding carboxylic acids is 1. The highest BCUT2D eigenvalue weighted by atomic mass is 32.2. The summed E-state index contributed by atoms with van der Waals surface area (Å²) in [5, 5.41) is 7.21. The van der Waals surface area contributed by atoms with E-state index in [0.717, 1.165) is 57.1 Å². The van der Waals surface area contributed by atoms with Crippen molar-refractivity contribution in [1.82, 2.24) is 14.5 Å². The number of nitrogens with one attached hydrogen (secondary N) is 3. The minimum absolute atomic E-state index is 0.136. The molecule has 6 rings (SSSR count). The third-order valence-corrected chi connectivity index (χ3v) is 8.35. The van der Waals surface area contributed by atoms with Crippen LogP contribution in [0.3, 0.4) is 0 Å². The Labute approximate surface area is 175 Å². The van der Waals surface area contributed by atoms with E-state index in [1.165, 1.54) is 28.5 Å². The molecule has 2 heterocycles. The van der Waals surface area contributed by atoms with Crippen molar-refractivity contribution in [3.63, 3.8) is 0 Å². The number of nitrogens with zero attached hydrogens (tertiary/aromatic N) is 2. The highest BCUT2D eigenvalue weighted by Gasteiger charge is 2.48. The summed E-state index contributed by atoms with van der Waals surface area (Å²) in [7, 11) is -3.59. The number of aryl methyl sites for hydroxylation is 2. The van der Waals surface area contributed by atoms with E-state index < -0.39 is 15.9 Å². The lowest BCUT2D eigenvalue weighted by Gasteiger charge is -2.24. The molecule has 2 amide bonds. The van der Waals surface area contributed by atoms with Crippen LogP contribution in [0, 0.1) is 10.2 Å². The molecular weight excluding hydrogens is 402 g/mol. The molecule has 1 aromatic heterocycles. The highest BCUT2D eigenvalue weighted by molar-refractivity contribution is 7.91. The number of fused-ring (bicyclic) bond motifs is 3. The van der Waals surface area contributed by atoms with E-state index in [1.807, 2.05) is 0 Å². The topological polar surface area (TPSA) is 109 Å². The first-order valence-corrected chi connectivity index (χ1v) is 12.2. The number of amides is 2. The zero-order valence-corrected chi connectivity index (χ0v) is 17.6. The number of ether oxygens (including phenoxy) is 1. The Kier molecular flexibility index (Phi) is 3.79. The lowest BCUT2D eigenvalue weighted by atomic mass is 9.99. The molecule has 9 heteroatoms. The van der Waals surface area contributed by atoms with E-state index in [9.17, 15) is 9.00 Å². The molecule has 3 aliphatic carbocycles. The van der Waals surface area contributed by atoms with Gasteiger partial charge in [-0.1, -0.05) is 6.07 Å². The normalized spacial score (nSPS) is 21.9. The summed E-state index contributed by atoms with van der Waals surface area (Å²) in [6.45, 7) is 1.27. The molecular formula is C21H25N5O3S. The number of urea groups is 1. The van der Waals surface area contributed by atoms with Gasteiger partial charge in [0.2, 0.25) is 5.88 Å². The number of hydrogen-bond donors (Lipinski definition) is 3. The van der Waals surface area contributed by atoms with Crippen molar-refractivity contribution < 1.29 is 13.7 Å². The lowest BCUT2D eigenvalue weighted by Crippen LogP contribution is -2.35. The van der Waals surface area contributed by atoms with Gasteiger partial charge in [-0.2, -0.15) is 5.10 Å². The van der Waals surface area contributed by atoms with Crippen molar-refractivity contribution in [1.29, 1.82) is 4.78 Å². The average Bonchev–Trinajstić information content (AvgIpc) is 3.13. The van der Waals surface area contributed by atoms with Gasteiger partial charge in [-0.25, -0.2) is 23.2 Å². The number of benzene rings is 1. The Morgan fingerprint density at radius 2 is 1.87 bits per heavy atom. The number of anilines is 1. The van der Waals surface area contributed by atoms with Crippen LogP contribution in [-0.2, 0) is 42.1 Å². The van der Waals surface area contributed by atoms with E-state index in [2.05, 4.69) is 21.2 Å². The highest BCUT2D eigenvalue weighted by Crippen LogP contribution is 2.50. The molecule has 3 N–H and O–H groups in total. The lowest BCUT2D eigenvalue weighted by molar-refractivity contribution is 0.144. The second-order valence-corrected chi connectivity index (χ2v) is 10.9. The quantitative estimate of drug-likeness (QED) is 0.699. The van der Waals surface area contributed by atoms with Crippen LogP contribution in [0.5, 0.6) is 5.88 Å². The van der Waals surface area contributed by atoms with Crippen LogP contribution in [-0.4, -0.2) is 26.6 Å². The summed E-state index contributed by atoms with van der Waals surface area (Å²) in [5.41, 5.74) is 6.04. The van der Waals surface area contributed by atoms with Crippen molar-refractivity contribution in [3.05, 3.63) is 34.5 Å². The van der Waals surface area contributed by atoms with Crippen LogP contribution < -0.4 is 14.8 Å². The predicted octanol–water partition coefficient (Wildman–Crippen LogP) is 3.18. The van der Waals surface area contributed by atoms with Gasteiger partial charge in [0.1, 0.15) is 4.90 Å². The van der Waals surface area contributed by atoms with Gasteiger partial charge in [-0.05, 0) is 73.6 Å². The Hall–Kier alpha value is -2.55. The second kappa shape index (κ2) is 6.23. The van der Waals surface area contributed by atoms with Gasteiger partial charge in [0.15, 0.2) is 9.92 Å². The molecule has 0 radical (unpaired) electrons. The maximum Gasteiger partial charge on any atom is 0.331 e. The monoisotopic (exact) mass is 427 g/mol. The fourth-order valence-corrected chi connectivity index (χ4v) is 6.20. The molecule has 1 spiro atoms. The third kappa shape index (κ3) is 2.82. The molecule has 1 unspecified atom stereocenters. The van der Waals surface area contributed by atoms with E-state index >= 15 is 0 Å². The fourth-order valence-electron chi connectivity index (χ4n) is 5.17. The first-order chi connectivity index (χ1) is 14.4. The average molecular weight is 428 g/mol. The number of rotatable bonds is 3. The minimum atomic E-state index is -3.59. The number of carbonyl (C=O) groups is 1. The fraction of sp³-hybridized carbons (Fsp3) is 0.524. The van der Waals surface area contributed by atoms with Gasteiger partial charge in [-0.3, -0.25) is 0 Å². The van der Waals surface area contributed by atoms with Gasteiger partial charge in [0.25, 0.3) is 0 Å². The van der Waals surface area contributed by atoms with Crippen LogP contribution in [0.25, 0.3) is 0 Å². The van der Waals surface area contributed by atoms with Crippen LogP contribution >= 0.6 is 0 Å². The standard InChI is InChI=1S/C21H25N5O3S/c22-30(28,17-10-23-26-11-21(7-8-21)12-29-19(17)26)25-20(27)24-18-15-5-1-3-13(15)9-14-4-2-6-16(14)18/h9-10H,1-8,11-12H2,(H3,22,24,25,27,28). The summed E-state index contributed by atoms with van der Waals surface area (Å²) in [5.74, 6) is 0.342. The molecule has 1 fully saturated rings. The first kappa shape index (κ1) is 18.2. The maximum absolute atomic E-state index is 13.1. The smallest absolute Gasteiger partial charge is 0.331 e. The zero-order valence-electron chi connectivity index (χ0n) is 16.8. The largest absolute Gasteiger partial charge is 0.476 e.